The molecule has 9 aromatic rings. The SMILES string of the molecule is [2H]C(C)(C)c1cnc(-c2[c-]cc(F)c3c2oc2nc(-c4ccccc4)ccc23)cc1C([2H])([2H])C1CCCC1.[2H]C([2H])(c1cc(-c2[c-]ccc(N(c3ccccc3)c3ccccc3)c2)nc[c]1[Ge]([CH3])([CH3])[CH3])C(C)(C)C.[Ir]. The quantitative estimate of drug-likeness (QED) is 0.0954. The van der Waals surface area contributed by atoms with E-state index in [-0.39, 0.29) is 31.6 Å². The van der Waals surface area contributed by atoms with Crippen molar-refractivity contribution < 1.29 is 35.8 Å². The Morgan fingerprint density at radius 2 is 1.40 bits per heavy atom. The predicted molar refractivity (Wildman–Crippen MR) is 288 cm³/mol. The van der Waals surface area contributed by atoms with Crippen LogP contribution >= 0.6 is 0 Å². The van der Waals surface area contributed by atoms with E-state index in [0.29, 0.717) is 38.9 Å². The first kappa shape index (κ1) is 44.2. The van der Waals surface area contributed by atoms with Gasteiger partial charge in [0.15, 0.2) is 0 Å². The number of anilines is 3. The average molecular weight is 1170 g/mol. The predicted octanol–water partition coefficient (Wildman–Crippen LogP) is 16.7. The van der Waals surface area contributed by atoms with E-state index in [2.05, 4.69) is 80.7 Å². The molecular formula is C62H63FGeIrN4O-2. The maximum absolute atomic E-state index is 15.1. The first-order valence-corrected chi connectivity index (χ1v) is 31.3. The number of halogens is 1. The zero-order chi connectivity index (χ0) is 52.8. The molecule has 359 valence electrons. The first-order chi connectivity index (χ1) is 35.0. The van der Waals surface area contributed by atoms with Crippen molar-refractivity contribution in [1.82, 2.24) is 15.0 Å². The molecule has 0 spiro atoms. The van der Waals surface area contributed by atoms with Crippen molar-refractivity contribution in [3.05, 3.63) is 187 Å². The van der Waals surface area contributed by atoms with Gasteiger partial charge in [0.05, 0.1) is 11.3 Å². The van der Waals surface area contributed by atoms with Crippen LogP contribution in [0.2, 0.25) is 17.3 Å². The van der Waals surface area contributed by atoms with Gasteiger partial charge in [0.1, 0.15) is 0 Å². The summed E-state index contributed by atoms with van der Waals surface area (Å²) in [6.45, 7) is 9.40. The molecule has 1 aliphatic rings. The van der Waals surface area contributed by atoms with Gasteiger partial charge in [-0.3, -0.25) is 4.39 Å². The zero-order valence-electron chi connectivity index (χ0n) is 46.2. The second-order valence-corrected chi connectivity index (χ2v) is 30.8. The Bertz CT molecular complexity index is 3400. The van der Waals surface area contributed by atoms with E-state index < -0.39 is 43.1 Å². The topological polar surface area (TPSA) is 55.1 Å². The number of furan rings is 1. The number of benzene rings is 5. The number of hydrogen-bond acceptors (Lipinski definition) is 5. The molecule has 0 aliphatic heterocycles. The molecule has 0 bridgehead atoms. The number of rotatable bonds is 11. The number of pyridine rings is 3. The Hall–Kier alpha value is -5.73. The van der Waals surface area contributed by atoms with Crippen molar-refractivity contribution >= 4 is 56.8 Å². The van der Waals surface area contributed by atoms with Gasteiger partial charge in [-0.1, -0.05) is 81.5 Å². The zero-order valence-corrected chi connectivity index (χ0v) is 45.7. The summed E-state index contributed by atoms with van der Waals surface area (Å²) in [5.41, 5.74) is 9.07. The molecule has 1 aliphatic carbocycles. The second-order valence-electron chi connectivity index (χ2n) is 20.2. The molecule has 10 rings (SSSR count). The summed E-state index contributed by atoms with van der Waals surface area (Å²) in [5, 5.41) is 0.853. The molecule has 4 aromatic heterocycles. The van der Waals surface area contributed by atoms with Crippen LogP contribution in [0.5, 0.6) is 0 Å². The van der Waals surface area contributed by atoms with Crippen LogP contribution in [0.3, 0.4) is 0 Å². The van der Waals surface area contributed by atoms with Gasteiger partial charge >= 0.3 is 211 Å². The van der Waals surface area contributed by atoms with E-state index in [0.717, 1.165) is 75.2 Å². The first-order valence-electron chi connectivity index (χ1n) is 26.5. The fraction of sp³-hybridized carbons (Fsp3) is 0.274. The third-order valence-electron chi connectivity index (χ3n) is 12.4. The fourth-order valence-electron chi connectivity index (χ4n) is 9.08. The van der Waals surface area contributed by atoms with Crippen molar-refractivity contribution in [1.29, 1.82) is 0 Å². The second kappa shape index (κ2) is 21.7. The summed E-state index contributed by atoms with van der Waals surface area (Å²) in [6, 6.07) is 51.3. The summed E-state index contributed by atoms with van der Waals surface area (Å²) in [4.78, 5) is 16.3. The normalized spacial score (nSPS) is 14.7. The molecule has 5 nitrogen and oxygen atoms in total. The van der Waals surface area contributed by atoms with E-state index in [1.165, 1.54) is 6.07 Å². The molecule has 1 fully saturated rings. The third-order valence-corrected chi connectivity index (χ3v) is 16.6. The Kier molecular flexibility index (Phi) is 13.7. The molecule has 0 atom stereocenters. The Labute approximate surface area is 437 Å². The van der Waals surface area contributed by atoms with E-state index in [9.17, 15) is 0 Å². The maximum atomic E-state index is 15.1. The van der Waals surface area contributed by atoms with Gasteiger partial charge in [0.2, 0.25) is 5.71 Å². The van der Waals surface area contributed by atoms with Crippen molar-refractivity contribution in [2.45, 2.75) is 96.2 Å². The fourth-order valence-corrected chi connectivity index (χ4v) is 12.0. The molecule has 0 saturated heterocycles. The van der Waals surface area contributed by atoms with Crippen LogP contribution in [-0.2, 0) is 32.9 Å². The number of para-hydroxylation sites is 2. The molecule has 70 heavy (non-hydrogen) atoms. The smallest absolute Gasteiger partial charge is 0 e. The van der Waals surface area contributed by atoms with Crippen LogP contribution in [0.4, 0.5) is 21.5 Å². The number of fused-ring (bicyclic) bond motifs is 3. The van der Waals surface area contributed by atoms with Gasteiger partial charge < -0.3 is 9.40 Å². The molecule has 0 unspecified atom stereocenters. The van der Waals surface area contributed by atoms with Crippen LogP contribution < -0.4 is 9.30 Å². The molecule has 8 heteroatoms. The van der Waals surface area contributed by atoms with Crippen LogP contribution in [0.15, 0.2) is 156 Å². The summed E-state index contributed by atoms with van der Waals surface area (Å²) in [7, 11) is 0. The number of aromatic nitrogens is 3. The maximum Gasteiger partial charge on any atom is 0 e. The van der Waals surface area contributed by atoms with Crippen LogP contribution in [0.1, 0.15) is 89.7 Å². The third kappa shape index (κ3) is 11.5. The van der Waals surface area contributed by atoms with Gasteiger partial charge in [0, 0.05) is 47.2 Å². The number of nitrogens with zero attached hydrogens (tertiary/aromatic N) is 4. The minimum Gasteiger partial charge on any atom is 0 e. The van der Waals surface area contributed by atoms with Crippen molar-refractivity contribution in [2.75, 3.05) is 4.90 Å². The molecule has 0 N–H and O–H groups in total. The average Bonchev–Trinajstić information content (AvgIpc) is 4.07. The van der Waals surface area contributed by atoms with Gasteiger partial charge in [-0.25, -0.2) is 4.98 Å². The molecular weight excluding hydrogens is 1100 g/mol. The molecule has 1 saturated carbocycles. The Balaban J connectivity index is 0.000000197. The summed E-state index contributed by atoms with van der Waals surface area (Å²) < 4.78 is 67.4. The van der Waals surface area contributed by atoms with E-state index in [1.54, 1.807) is 26.1 Å². The molecule has 1 radical (unpaired) electrons. The summed E-state index contributed by atoms with van der Waals surface area (Å²) >= 11 is -2.39. The van der Waals surface area contributed by atoms with Crippen molar-refractivity contribution in [3.8, 4) is 33.8 Å². The van der Waals surface area contributed by atoms with E-state index in [4.69, 9.17) is 16.3 Å². The van der Waals surface area contributed by atoms with Gasteiger partial charge in [-0.05, 0) is 52.5 Å². The summed E-state index contributed by atoms with van der Waals surface area (Å²) in [5.74, 6) is 5.26. The summed E-state index contributed by atoms with van der Waals surface area (Å²) in [6.07, 6.45) is 4.04. The molecule has 5 aromatic carbocycles. The van der Waals surface area contributed by atoms with E-state index in [1.807, 2.05) is 118 Å². The standard InChI is InChI=1S/C31H28FN2O.C31H35GeN2.Ir/c1-19(2)25-18-33-28(17-22(25)16-20-8-6-7-9-20)23-12-14-26(32)29-24-13-15-27(21-10-4-3-5-11-21)34-31(24)35-30(23)29;1-31(2,3)22-25-21-30(33-23-29(25)32(4,5)6)24-14-13-19-28(20-24)34(26-15-9-7-10-16-26)27-17-11-8-12-18-27;/h3-5,10-11,13-15,17-20H,6-9,16H2,1-2H3;7-13,15-21,23H,22H2,1-6H3;/q2*-1;/i16D2,19D;22D2;. The Morgan fingerprint density at radius 1 is 0.771 bits per heavy atom. The molecule has 4 heterocycles. The van der Waals surface area contributed by atoms with E-state index >= 15 is 4.39 Å². The van der Waals surface area contributed by atoms with Crippen LogP contribution in [-0.4, -0.2) is 28.2 Å². The van der Waals surface area contributed by atoms with Gasteiger partial charge in [0.25, 0.3) is 0 Å². The molecule has 0 amide bonds. The number of hydrogen-bond donors (Lipinski definition) is 0. The largest absolute Gasteiger partial charge is 0 e. The van der Waals surface area contributed by atoms with Crippen molar-refractivity contribution in [2.24, 2.45) is 11.3 Å². The van der Waals surface area contributed by atoms with Gasteiger partial charge in [-0.2, -0.15) is 0 Å². The van der Waals surface area contributed by atoms with Crippen LogP contribution in [0.25, 0.3) is 55.8 Å². The minimum absolute atomic E-state index is 0. The van der Waals surface area contributed by atoms with Crippen molar-refractivity contribution in [3.63, 3.8) is 0 Å². The van der Waals surface area contributed by atoms with Crippen LogP contribution in [0, 0.1) is 29.3 Å². The van der Waals surface area contributed by atoms with Gasteiger partial charge in [-0.15, -0.1) is 12.1 Å². The monoisotopic (exact) mass is 1170 g/mol. The minimum atomic E-state index is -2.39. The Morgan fingerprint density at radius 3 is 2.03 bits per heavy atom.